The number of nitriles is 1. The molecule has 1 heterocycles. The average Bonchev–Trinajstić information content (AvgIpc) is 2.89. The zero-order valence-corrected chi connectivity index (χ0v) is 12.0. The molecule has 21 heavy (non-hydrogen) atoms. The highest BCUT2D eigenvalue weighted by atomic mass is 14.9. The molecule has 0 radical (unpaired) electrons. The highest BCUT2D eigenvalue weighted by Gasteiger charge is 2.08. The molecule has 0 saturated heterocycles. The van der Waals surface area contributed by atoms with Crippen molar-refractivity contribution in [2.75, 3.05) is 0 Å². The first-order valence-electron chi connectivity index (χ1n) is 6.81. The summed E-state index contributed by atoms with van der Waals surface area (Å²) in [4.78, 5) is 7.71. The summed E-state index contributed by atoms with van der Waals surface area (Å²) in [7, 11) is 0. The van der Waals surface area contributed by atoms with E-state index in [0.717, 1.165) is 16.6 Å². The van der Waals surface area contributed by atoms with Crippen LogP contribution in [-0.2, 0) is 0 Å². The van der Waals surface area contributed by atoms with Gasteiger partial charge in [0.25, 0.3) is 0 Å². The number of nitrogens with zero attached hydrogens (tertiary/aromatic N) is 2. The van der Waals surface area contributed by atoms with Crippen LogP contribution < -0.4 is 0 Å². The number of hydrogen-bond donors (Lipinski definition) is 1. The Morgan fingerprint density at radius 3 is 2.52 bits per heavy atom. The Morgan fingerprint density at radius 2 is 1.81 bits per heavy atom. The van der Waals surface area contributed by atoms with Crippen LogP contribution in [0.4, 0.5) is 0 Å². The van der Waals surface area contributed by atoms with Crippen LogP contribution in [0.25, 0.3) is 22.7 Å². The number of aromatic nitrogens is 2. The van der Waals surface area contributed by atoms with Crippen LogP contribution in [0.1, 0.15) is 22.5 Å². The van der Waals surface area contributed by atoms with Crippen molar-refractivity contribution in [2.45, 2.75) is 13.8 Å². The van der Waals surface area contributed by atoms with Crippen LogP contribution in [0.15, 0.2) is 42.5 Å². The molecule has 3 heteroatoms. The largest absolute Gasteiger partial charge is 0.337 e. The summed E-state index contributed by atoms with van der Waals surface area (Å²) in [6, 6.07) is 16.3. The summed E-state index contributed by atoms with van der Waals surface area (Å²) in [5.41, 5.74) is 5.72. The van der Waals surface area contributed by atoms with E-state index in [0.29, 0.717) is 11.4 Å². The van der Waals surface area contributed by atoms with Gasteiger partial charge in [0, 0.05) is 0 Å². The topological polar surface area (TPSA) is 52.5 Å². The van der Waals surface area contributed by atoms with Crippen molar-refractivity contribution < 1.29 is 0 Å². The first kappa shape index (κ1) is 13.1. The highest BCUT2D eigenvalue weighted by molar-refractivity contribution is 5.90. The summed E-state index contributed by atoms with van der Waals surface area (Å²) in [6.07, 6.45) is 1.85. The Morgan fingerprint density at radius 1 is 1.10 bits per heavy atom. The van der Waals surface area contributed by atoms with Crippen molar-refractivity contribution in [3.05, 3.63) is 65.0 Å². The van der Waals surface area contributed by atoms with Crippen LogP contribution >= 0.6 is 0 Å². The van der Waals surface area contributed by atoms with Crippen molar-refractivity contribution in [2.24, 2.45) is 0 Å². The lowest BCUT2D eigenvalue weighted by Crippen LogP contribution is -1.85. The van der Waals surface area contributed by atoms with Crippen LogP contribution in [0.2, 0.25) is 0 Å². The predicted molar refractivity (Wildman–Crippen MR) is 85.5 cm³/mol. The highest BCUT2D eigenvalue weighted by Crippen LogP contribution is 2.20. The van der Waals surface area contributed by atoms with Gasteiger partial charge in [-0.05, 0) is 43.2 Å². The van der Waals surface area contributed by atoms with E-state index in [1.54, 1.807) is 0 Å². The van der Waals surface area contributed by atoms with Crippen LogP contribution in [0.3, 0.4) is 0 Å². The number of aryl methyl sites for hydroxylation is 2. The predicted octanol–water partition coefficient (Wildman–Crippen LogP) is 4.24. The normalized spacial score (nSPS) is 11.6. The Kier molecular flexibility index (Phi) is 3.29. The fraction of sp³-hybridized carbons (Fsp3) is 0.111. The van der Waals surface area contributed by atoms with E-state index >= 15 is 0 Å². The molecule has 0 aliphatic heterocycles. The Hall–Kier alpha value is -2.86. The van der Waals surface area contributed by atoms with E-state index in [4.69, 9.17) is 0 Å². The van der Waals surface area contributed by atoms with Gasteiger partial charge in [-0.3, -0.25) is 0 Å². The van der Waals surface area contributed by atoms with Crippen molar-refractivity contribution >= 4 is 22.7 Å². The lowest BCUT2D eigenvalue weighted by molar-refractivity contribution is 1.27. The van der Waals surface area contributed by atoms with E-state index in [1.807, 2.05) is 62.4 Å². The third-order valence-corrected chi connectivity index (χ3v) is 3.40. The maximum Gasteiger partial charge on any atom is 0.149 e. The number of fused-ring (bicyclic) bond motifs is 1. The van der Waals surface area contributed by atoms with Gasteiger partial charge in [-0.25, -0.2) is 4.98 Å². The average molecular weight is 273 g/mol. The number of allylic oxidation sites excluding steroid dienone is 1. The fourth-order valence-electron chi connectivity index (χ4n) is 2.23. The fourth-order valence-corrected chi connectivity index (χ4v) is 2.23. The van der Waals surface area contributed by atoms with Gasteiger partial charge in [-0.1, -0.05) is 35.9 Å². The summed E-state index contributed by atoms with van der Waals surface area (Å²) < 4.78 is 0. The van der Waals surface area contributed by atoms with Gasteiger partial charge in [-0.2, -0.15) is 5.26 Å². The van der Waals surface area contributed by atoms with Crippen molar-refractivity contribution in [1.82, 2.24) is 9.97 Å². The minimum absolute atomic E-state index is 0.535. The Balaban J connectivity index is 2.05. The number of nitrogens with one attached hydrogen (secondary N) is 1. The zero-order valence-electron chi connectivity index (χ0n) is 12.0. The molecular formula is C18H15N3. The van der Waals surface area contributed by atoms with Gasteiger partial charge in [0.2, 0.25) is 0 Å². The molecule has 0 amide bonds. The molecule has 3 aromatic rings. The lowest BCUT2D eigenvalue weighted by atomic mass is 10.1. The zero-order chi connectivity index (χ0) is 14.8. The SMILES string of the molecule is Cc1ccc(/C=C(\C#N)c2nc3ccc(C)cc3[nH]2)cc1. The van der Waals surface area contributed by atoms with Gasteiger partial charge in [0.1, 0.15) is 11.9 Å². The minimum atomic E-state index is 0.535. The number of H-pyrrole nitrogens is 1. The molecule has 1 N–H and O–H groups in total. The second-order valence-electron chi connectivity index (χ2n) is 5.19. The Labute approximate surface area is 123 Å². The molecule has 2 aromatic carbocycles. The minimum Gasteiger partial charge on any atom is -0.337 e. The molecule has 0 aliphatic rings. The van der Waals surface area contributed by atoms with Gasteiger partial charge in [0.15, 0.2) is 0 Å². The maximum atomic E-state index is 9.40. The number of benzene rings is 2. The molecule has 0 spiro atoms. The van der Waals surface area contributed by atoms with E-state index in [2.05, 4.69) is 16.0 Å². The van der Waals surface area contributed by atoms with Crippen molar-refractivity contribution in [3.63, 3.8) is 0 Å². The molecule has 102 valence electrons. The molecule has 3 nitrogen and oxygen atoms in total. The first-order chi connectivity index (χ1) is 10.2. The number of hydrogen-bond acceptors (Lipinski definition) is 2. The molecule has 0 fully saturated rings. The summed E-state index contributed by atoms with van der Waals surface area (Å²) in [5.74, 6) is 0.610. The van der Waals surface area contributed by atoms with Crippen molar-refractivity contribution in [1.29, 1.82) is 5.26 Å². The molecular weight excluding hydrogens is 258 g/mol. The van der Waals surface area contributed by atoms with Crippen molar-refractivity contribution in [3.8, 4) is 6.07 Å². The van der Waals surface area contributed by atoms with E-state index in [-0.39, 0.29) is 0 Å². The summed E-state index contributed by atoms with van der Waals surface area (Å²) in [6.45, 7) is 4.08. The summed E-state index contributed by atoms with van der Waals surface area (Å²) in [5, 5.41) is 9.40. The third-order valence-electron chi connectivity index (χ3n) is 3.40. The standard InChI is InChI=1S/C18H15N3/c1-12-3-6-14(7-4-12)10-15(11-19)18-20-16-8-5-13(2)9-17(16)21-18/h3-10H,1-2H3,(H,20,21)/b15-10+. The van der Waals surface area contributed by atoms with E-state index in [1.165, 1.54) is 11.1 Å². The molecule has 0 unspecified atom stereocenters. The number of imidazole rings is 1. The molecule has 3 rings (SSSR count). The lowest BCUT2D eigenvalue weighted by Gasteiger charge is -1.96. The maximum absolute atomic E-state index is 9.40. The van der Waals surface area contributed by atoms with Gasteiger partial charge >= 0.3 is 0 Å². The smallest absolute Gasteiger partial charge is 0.149 e. The number of rotatable bonds is 2. The molecule has 0 bridgehead atoms. The van der Waals surface area contributed by atoms with Gasteiger partial charge in [0.05, 0.1) is 16.6 Å². The molecule has 0 saturated carbocycles. The quantitative estimate of drug-likeness (QED) is 0.710. The molecule has 0 atom stereocenters. The van der Waals surface area contributed by atoms with E-state index < -0.39 is 0 Å². The van der Waals surface area contributed by atoms with Crippen LogP contribution in [0, 0.1) is 25.2 Å². The molecule has 0 aliphatic carbocycles. The van der Waals surface area contributed by atoms with Gasteiger partial charge in [-0.15, -0.1) is 0 Å². The van der Waals surface area contributed by atoms with E-state index in [9.17, 15) is 5.26 Å². The molecule has 1 aromatic heterocycles. The van der Waals surface area contributed by atoms with Crippen LogP contribution in [-0.4, -0.2) is 9.97 Å². The second kappa shape index (κ2) is 5.26. The number of aromatic amines is 1. The summed E-state index contributed by atoms with van der Waals surface area (Å²) >= 11 is 0. The van der Waals surface area contributed by atoms with Gasteiger partial charge < -0.3 is 4.98 Å². The first-order valence-corrected chi connectivity index (χ1v) is 6.81. The Bertz CT molecular complexity index is 862. The van der Waals surface area contributed by atoms with Crippen LogP contribution in [0.5, 0.6) is 0 Å². The monoisotopic (exact) mass is 273 g/mol. The third kappa shape index (κ3) is 2.70. The second-order valence-corrected chi connectivity index (χ2v) is 5.19.